The van der Waals surface area contributed by atoms with Gasteiger partial charge in [0, 0.05) is 12.6 Å². The summed E-state index contributed by atoms with van der Waals surface area (Å²) in [6, 6.07) is 0.205. The maximum absolute atomic E-state index is 12.9. The van der Waals surface area contributed by atoms with Gasteiger partial charge in [-0.3, -0.25) is 9.59 Å². The predicted molar refractivity (Wildman–Crippen MR) is 83.3 cm³/mol. The van der Waals surface area contributed by atoms with Gasteiger partial charge in [0.1, 0.15) is 0 Å². The van der Waals surface area contributed by atoms with E-state index in [-0.39, 0.29) is 35.1 Å². The molecular formula is C17H28N2O2. The maximum Gasteiger partial charge on any atom is 0.227 e. The fraction of sp³-hybridized carbons (Fsp3) is 0.765. The monoisotopic (exact) mass is 292 g/mol. The zero-order valence-electron chi connectivity index (χ0n) is 13.8. The second-order valence-electron chi connectivity index (χ2n) is 7.59. The first-order valence-corrected chi connectivity index (χ1v) is 7.91. The highest BCUT2D eigenvalue weighted by Crippen LogP contribution is 2.60. The van der Waals surface area contributed by atoms with Crippen molar-refractivity contribution in [1.29, 1.82) is 0 Å². The van der Waals surface area contributed by atoms with Gasteiger partial charge in [-0.1, -0.05) is 25.5 Å². The summed E-state index contributed by atoms with van der Waals surface area (Å²) in [7, 11) is 0. The van der Waals surface area contributed by atoms with E-state index in [0.29, 0.717) is 12.5 Å². The molecule has 2 N–H and O–H groups in total. The molecule has 4 heteroatoms. The molecule has 118 valence electrons. The largest absolute Gasteiger partial charge is 0.369 e. The number of carbonyl (C=O) groups is 2. The molecule has 1 heterocycles. The van der Waals surface area contributed by atoms with Crippen molar-refractivity contribution in [2.24, 2.45) is 28.9 Å². The van der Waals surface area contributed by atoms with E-state index >= 15 is 0 Å². The van der Waals surface area contributed by atoms with Gasteiger partial charge >= 0.3 is 0 Å². The van der Waals surface area contributed by atoms with Crippen molar-refractivity contribution in [2.45, 2.75) is 53.5 Å². The number of amides is 2. The molecule has 0 aromatic carbocycles. The van der Waals surface area contributed by atoms with E-state index in [9.17, 15) is 9.59 Å². The average Bonchev–Trinajstić information content (AvgIpc) is 2.89. The van der Waals surface area contributed by atoms with Crippen molar-refractivity contribution in [3.8, 4) is 0 Å². The summed E-state index contributed by atoms with van der Waals surface area (Å²) < 4.78 is 0. The Hall–Kier alpha value is -1.32. The Balaban J connectivity index is 2.12. The Morgan fingerprint density at radius 1 is 1.24 bits per heavy atom. The van der Waals surface area contributed by atoms with Crippen LogP contribution in [0.25, 0.3) is 0 Å². The minimum Gasteiger partial charge on any atom is -0.369 e. The first-order chi connectivity index (χ1) is 9.66. The molecule has 1 saturated carbocycles. The SMILES string of the molecule is CC(C)=C[C@@H]1[C@H](C(=O)N2C[C@@H](C(N)=O)CC[C@@H]2C)C1(C)C. The fourth-order valence-electron chi connectivity index (χ4n) is 3.64. The summed E-state index contributed by atoms with van der Waals surface area (Å²) in [5.74, 6) is 0.0862. The summed E-state index contributed by atoms with van der Waals surface area (Å²) in [4.78, 5) is 26.2. The van der Waals surface area contributed by atoms with Gasteiger partial charge < -0.3 is 10.6 Å². The van der Waals surface area contributed by atoms with Crippen LogP contribution in [0.4, 0.5) is 0 Å². The molecule has 21 heavy (non-hydrogen) atoms. The molecule has 1 aliphatic heterocycles. The van der Waals surface area contributed by atoms with Crippen molar-refractivity contribution >= 4 is 11.8 Å². The number of hydrogen-bond acceptors (Lipinski definition) is 2. The summed E-state index contributed by atoms with van der Waals surface area (Å²) in [5.41, 5.74) is 6.70. The fourth-order valence-corrected chi connectivity index (χ4v) is 3.64. The van der Waals surface area contributed by atoms with Crippen LogP contribution in [0.3, 0.4) is 0 Å². The molecule has 0 bridgehead atoms. The Labute approximate surface area is 127 Å². The third-order valence-electron chi connectivity index (χ3n) is 5.26. The molecule has 2 aliphatic rings. The normalized spacial score (nSPS) is 34.2. The number of primary amides is 1. The highest BCUT2D eigenvalue weighted by Gasteiger charge is 2.61. The Bertz CT molecular complexity index is 477. The lowest BCUT2D eigenvalue weighted by Gasteiger charge is -2.37. The van der Waals surface area contributed by atoms with Crippen LogP contribution in [-0.4, -0.2) is 29.3 Å². The number of piperidine rings is 1. The second kappa shape index (κ2) is 5.47. The molecule has 2 fully saturated rings. The van der Waals surface area contributed by atoms with Crippen molar-refractivity contribution in [1.82, 2.24) is 4.90 Å². The molecule has 0 unspecified atom stereocenters. The number of likely N-dealkylation sites (tertiary alicyclic amines) is 1. The third kappa shape index (κ3) is 2.99. The van der Waals surface area contributed by atoms with Crippen LogP contribution < -0.4 is 5.73 Å². The molecule has 0 radical (unpaired) electrons. The van der Waals surface area contributed by atoms with E-state index in [2.05, 4.69) is 40.7 Å². The van der Waals surface area contributed by atoms with E-state index in [0.717, 1.165) is 12.8 Å². The lowest BCUT2D eigenvalue weighted by molar-refractivity contribution is -0.139. The van der Waals surface area contributed by atoms with Gasteiger partial charge in [-0.15, -0.1) is 0 Å². The van der Waals surface area contributed by atoms with Crippen LogP contribution in [-0.2, 0) is 9.59 Å². The minimum absolute atomic E-state index is 0.0216. The van der Waals surface area contributed by atoms with E-state index in [1.807, 2.05) is 4.90 Å². The number of hydrogen-bond donors (Lipinski definition) is 1. The van der Waals surface area contributed by atoms with E-state index in [1.165, 1.54) is 5.57 Å². The zero-order valence-corrected chi connectivity index (χ0v) is 13.8. The molecule has 2 rings (SSSR count). The van der Waals surface area contributed by atoms with Crippen LogP contribution in [0.5, 0.6) is 0 Å². The quantitative estimate of drug-likeness (QED) is 0.811. The molecular weight excluding hydrogens is 264 g/mol. The van der Waals surface area contributed by atoms with Crippen molar-refractivity contribution < 1.29 is 9.59 Å². The maximum atomic E-state index is 12.9. The summed E-state index contributed by atoms with van der Waals surface area (Å²) >= 11 is 0. The highest BCUT2D eigenvalue weighted by atomic mass is 16.2. The topological polar surface area (TPSA) is 63.4 Å². The number of rotatable bonds is 3. The van der Waals surface area contributed by atoms with E-state index < -0.39 is 0 Å². The van der Waals surface area contributed by atoms with Gasteiger partial charge in [0.2, 0.25) is 11.8 Å². The van der Waals surface area contributed by atoms with Gasteiger partial charge in [0.15, 0.2) is 0 Å². The van der Waals surface area contributed by atoms with E-state index in [1.54, 1.807) is 0 Å². The van der Waals surface area contributed by atoms with E-state index in [4.69, 9.17) is 5.73 Å². The second-order valence-corrected chi connectivity index (χ2v) is 7.59. The van der Waals surface area contributed by atoms with Gasteiger partial charge in [0.25, 0.3) is 0 Å². The molecule has 0 aromatic heterocycles. The lowest BCUT2D eigenvalue weighted by atomic mass is 9.92. The van der Waals surface area contributed by atoms with Gasteiger partial charge in [0.05, 0.1) is 11.8 Å². The lowest BCUT2D eigenvalue weighted by Crippen LogP contribution is -2.49. The van der Waals surface area contributed by atoms with Crippen molar-refractivity contribution in [3.05, 3.63) is 11.6 Å². The molecule has 0 aromatic rings. The van der Waals surface area contributed by atoms with Crippen LogP contribution in [0.2, 0.25) is 0 Å². The molecule has 1 aliphatic carbocycles. The zero-order chi connectivity index (χ0) is 15.9. The molecule has 4 atom stereocenters. The molecule has 4 nitrogen and oxygen atoms in total. The first kappa shape index (κ1) is 16.1. The number of nitrogens with zero attached hydrogens (tertiary/aromatic N) is 1. The van der Waals surface area contributed by atoms with Crippen molar-refractivity contribution in [3.63, 3.8) is 0 Å². The summed E-state index contributed by atoms with van der Waals surface area (Å²) in [6.45, 7) is 11.0. The number of carbonyl (C=O) groups excluding carboxylic acids is 2. The Kier molecular flexibility index (Phi) is 4.18. The number of allylic oxidation sites excluding steroid dienone is 2. The van der Waals surface area contributed by atoms with Crippen LogP contribution in [0, 0.1) is 23.2 Å². The van der Waals surface area contributed by atoms with Gasteiger partial charge in [-0.25, -0.2) is 0 Å². The minimum atomic E-state index is -0.282. The Morgan fingerprint density at radius 3 is 2.38 bits per heavy atom. The molecule has 2 amide bonds. The number of nitrogens with two attached hydrogens (primary N) is 1. The van der Waals surface area contributed by atoms with Gasteiger partial charge in [-0.05, 0) is 44.9 Å². The van der Waals surface area contributed by atoms with Crippen LogP contribution in [0.1, 0.15) is 47.5 Å². The van der Waals surface area contributed by atoms with Crippen LogP contribution in [0.15, 0.2) is 11.6 Å². The van der Waals surface area contributed by atoms with Gasteiger partial charge in [-0.2, -0.15) is 0 Å². The standard InChI is InChI=1S/C17H28N2O2/c1-10(2)8-13-14(17(13,4)5)16(21)19-9-12(15(18)20)7-6-11(19)3/h8,11-14H,6-7,9H2,1-5H3,(H2,18,20)/t11-,12-,13+,14+/m0/s1. The Morgan fingerprint density at radius 2 is 1.86 bits per heavy atom. The smallest absolute Gasteiger partial charge is 0.227 e. The first-order valence-electron chi connectivity index (χ1n) is 7.91. The molecule has 1 saturated heterocycles. The average molecular weight is 292 g/mol. The van der Waals surface area contributed by atoms with Crippen molar-refractivity contribution in [2.75, 3.05) is 6.54 Å². The summed E-state index contributed by atoms with van der Waals surface area (Å²) in [5, 5.41) is 0. The highest BCUT2D eigenvalue weighted by molar-refractivity contribution is 5.85. The third-order valence-corrected chi connectivity index (χ3v) is 5.26. The molecule has 0 spiro atoms. The summed E-state index contributed by atoms with van der Waals surface area (Å²) in [6.07, 6.45) is 3.87. The predicted octanol–water partition coefficient (Wildman–Crippen LogP) is 2.34. The van der Waals surface area contributed by atoms with Crippen LogP contribution >= 0.6 is 0 Å².